The zero-order valence-electron chi connectivity index (χ0n) is 15.7. The number of hydrogen-bond donors (Lipinski definition) is 3. The predicted octanol–water partition coefficient (Wildman–Crippen LogP) is 4.25. The topological polar surface area (TPSA) is 92.2 Å². The van der Waals surface area contributed by atoms with E-state index in [1.165, 1.54) is 6.21 Å². The molecule has 3 N–H and O–H groups in total. The lowest BCUT2D eigenvalue weighted by molar-refractivity contribution is 0.395. The monoisotopic (exact) mass is 397 g/mol. The van der Waals surface area contributed by atoms with Gasteiger partial charge in [-0.15, -0.1) is 0 Å². The number of pyridine rings is 2. The fourth-order valence-electron chi connectivity index (χ4n) is 2.69. The van der Waals surface area contributed by atoms with Crippen LogP contribution in [-0.4, -0.2) is 37.4 Å². The first kappa shape index (κ1) is 19.4. The number of aromatic nitrogens is 2. The van der Waals surface area contributed by atoms with E-state index in [1.54, 1.807) is 39.7 Å². The lowest BCUT2D eigenvalue weighted by Crippen LogP contribution is -2.00. The third-order valence-corrected chi connectivity index (χ3v) is 4.42. The van der Waals surface area contributed by atoms with E-state index in [0.717, 1.165) is 5.69 Å². The smallest absolute Gasteiger partial charge is 0.131 e. The molecule has 0 radical (unpaired) electrons. The summed E-state index contributed by atoms with van der Waals surface area (Å²) in [6, 6.07) is 9.13. The van der Waals surface area contributed by atoms with Crippen molar-refractivity contribution in [2.45, 2.75) is 0 Å². The number of anilines is 2. The summed E-state index contributed by atoms with van der Waals surface area (Å²) in [6.45, 7) is 0. The fraction of sp³-hybridized carbons (Fsp3) is 0.150. The highest BCUT2D eigenvalue weighted by Gasteiger charge is 2.12. The van der Waals surface area contributed by atoms with Gasteiger partial charge in [0.15, 0.2) is 0 Å². The highest BCUT2D eigenvalue weighted by atomic mass is 35.5. The Kier molecular flexibility index (Phi) is 5.96. The molecule has 2 aromatic heterocycles. The van der Waals surface area contributed by atoms with Crippen molar-refractivity contribution in [3.05, 3.63) is 53.3 Å². The first-order valence-electron chi connectivity index (χ1n) is 8.43. The highest BCUT2D eigenvalue weighted by molar-refractivity contribution is 6.37. The van der Waals surface area contributed by atoms with Crippen LogP contribution in [0.4, 0.5) is 11.5 Å². The van der Waals surface area contributed by atoms with Crippen molar-refractivity contribution in [3.8, 4) is 11.5 Å². The van der Waals surface area contributed by atoms with Gasteiger partial charge in [0.05, 0.1) is 24.8 Å². The van der Waals surface area contributed by atoms with E-state index in [0.29, 0.717) is 44.5 Å². The number of hydrogen-bond acceptors (Lipinski definition) is 7. The van der Waals surface area contributed by atoms with Crippen LogP contribution in [0, 0.1) is 5.41 Å². The Hall–Kier alpha value is -3.32. The summed E-state index contributed by atoms with van der Waals surface area (Å²) < 4.78 is 10.6. The molecule has 0 aliphatic heterocycles. The number of halogens is 1. The van der Waals surface area contributed by atoms with Gasteiger partial charge in [-0.05, 0) is 12.1 Å². The van der Waals surface area contributed by atoms with Crippen LogP contribution in [0.15, 0.2) is 42.7 Å². The molecule has 0 aliphatic rings. The van der Waals surface area contributed by atoms with Gasteiger partial charge >= 0.3 is 0 Å². The molecule has 0 amide bonds. The van der Waals surface area contributed by atoms with Crippen molar-refractivity contribution in [1.29, 1.82) is 5.41 Å². The van der Waals surface area contributed by atoms with Gasteiger partial charge in [-0.25, -0.2) is 4.98 Å². The van der Waals surface area contributed by atoms with E-state index in [1.807, 2.05) is 24.3 Å². The van der Waals surface area contributed by atoms with Gasteiger partial charge in [0.2, 0.25) is 0 Å². The van der Waals surface area contributed by atoms with E-state index >= 15 is 0 Å². The number of rotatable bonds is 7. The molecule has 0 aliphatic carbocycles. The van der Waals surface area contributed by atoms with E-state index < -0.39 is 0 Å². The standard InChI is InChI=1S/C20H20ClN5O2/c1-23-10-12(9-22)16-11-24-17-4-5-18(26-20(17)19(16)21)25-13-6-14(27-2)8-15(7-13)28-3/h4-11,22-23H,1-3H3,(H,25,26)/b12-10+,22-9?. The summed E-state index contributed by atoms with van der Waals surface area (Å²) in [6.07, 6.45) is 4.54. The van der Waals surface area contributed by atoms with Crippen molar-refractivity contribution < 1.29 is 9.47 Å². The summed E-state index contributed by atoms with van der Waals surface area (Å²) in [5, 5.41) is 14.2. The minimum atomic E-state index is 0.432. The Morgan fingerprint density at radius 1 is 1.14 bits per heavy atom. The molecule has 0 saturated heterocycles. The molecule has 0 fully saturated rings. The van der Waals surface area contributed by atoms with Crippen LogP contribution in [0.2, 0.25) is 5.02 Å². The molecule has 0 atom stereocenters. The maximum Gasteiger partial charge on any atom is 0.131 e. The summed E-state index contributed by atoms with van der Waals surface area (Å²) in [7, 11) is 4.95. The van der Waals surface area contributed by atoms with Crippen LogP contribution in [0.5, 0.6) is 11.5 Å². The Balaban J connectivity index is 2.03. The van der Waals surface area contributed by atoms with Crippen LogP contribution in [0.3, 0.4) is 0 Å². The molecule has 3 aromatic rings. The van der Waals surface area contributed by atoms with Crippen LogP contribution < -0.4 is 20.1 Å². The molecule has 28 heavy (non-hydrogen) atoms. The third-order valence-electron chi connectivity index (χ3n) is 4.04. The molecule has 8 heteroatoms. The molecule has 0 saturated carbocycles. The SMILES string of the molecule is CN/C=C(\C=N)c1cnc2ccc(Nc3cc(OC)cc(OC)c3)nc2c1Cl. The van der Waals surface area contributed by atoms with Crippen molar-refractivity contribution in [2.75, 3.05) is 26.6 Å². The molecule has 7 nitrogen and oxygen atoms in total. The maximum atomic E-state index is 7.60. The van der Waals surface area contributed by atoms with E-state index in [-0.39, 0.29) is 0 Å². The van der Waals surface area contributed by atoms with Gasteiger partial charge in [0, 0.05) is 60.7 Å². The number of methoxy groups -OCH3 is 2. The number of fused-ring (bicyclic) bond motifs is 1. The zero-order valence-corrected chi connectivity index (χ0v) is 16.5. The van der Waals surface area contributed by atoms with Crippen molar-refractivity contribution in [2.24, 2.45) is 0 Å². The summed E-state index contributed by atoms with van der Waals surface area (Å²) in [5.41, 5.74) is 3.21. The lowest BCUT2D eigenvalue weighted by atomic mass is 10.1. The molecule has 1 aromatic carbocycles. The zero-order chi connectivity index (χ0) is 20.1. The Morgan fingerprint density at radius 2 is 1.86 bits per heavy atom. The Morgan fingerprint density at radius 3 is 2.46 bits per heavy atom. The number of ether oxygens (including phenoxy) is 2. The maximum absolute atomic E-state index is 7.60. The van der Waals surface area contributed by atoms with Crippen LogP contribution in [0.25, 0.3) is 16.6 Å². The van der Waals surface area contributed by atoms with Gasteiger partial charge in [0.25, 0.3) is 0 Å². The van der Waals surface area contributed by atoms with Crippen molar-refractivity contribution in [1.82, 2.24) is 15.3 Å². The second kappa shape index (κ2) is 8.58. The quantitative estimate of drug-likeness (QED) is 0.516. The van der Waals surface area contributed by atoms with E-state index in [2.05, 4.69) is 20.6 Å². The molecule has 2 heterocycles. The number of allylic oxidation sites excluding steroid dienone is 1. The molecular formula is C20H20ClN5O2. The van der Waals surface area contributed by atoms with Crippen molar-refractivity contribution >= 4 is 45.9 Å². The first-order chi connectivity index (χ1) is 13.6. The normalized spacial score (nSPS) is 11.2. The number of benzene rings is 1. The van der Waals surface area contributed by atoms with Gasteiger partial charge in [0.1, 0.15) is 22.8 Å². The average Bonchev–Trinajstić information content (AvgIpc) is 2.72. The van der Waals surface area contributed by atoms with Gasteiger partial charge in [-0.3, -0.25) is 4.98 Å². The van der Waals surface area contributed by atoms with Crippen molar-refractivity contribution in [3.63, 3.8) is 0 Å². The second-order valence-corrected chi connectivity index (χ2v) is 6.19. The first-order valence-corrected chi connectivity index (χ1v) is 8.81. The number of nitrogens with zero attached hydrogens (tertiary/aromatic N) is 2. The highest BCUT2D eigenvalue weighted by Crippen LogP contribution is 2.31. The summed E-state index contributed by atoms with van der Waals surface area (Å²) >= 11 is 6.58. The largest absolute Gasteiger partial charge is 0.497 e. The lowest BCUT2D eigenvalue weighted by Gasteiger charge is -2.12. The second-order valence-electron chi connectivity index (χ2n) is 5.81. The average molecular weight is 398 g/mol. The minimum Gasteiger partial charge on any atom is -0.497 e. The molecular weight excluding hydrogens is 378 g/mol. The van der Waals surface area contributed by atoms with E-state index in [9.17, 15) is 0 Å². The minimum absolute atomic E-state index is 0.432. The molecule has 144 valence electrons. The fourth-order valence-corrected chi connectivity index (χ4v) is 2.98. The Labute approximate surface area is 167 Å². The molecule has 0 unspecified atom stereocenters. The van der Waals surface area contributed by atoms with Gasteiger partial charge in [-0.1, -0.05) is 11.6 Å². The van der Waals surface area contributed by atoms with E-state index in [4.69, 9.17) is 26.5 Å². The third kappa shape index (κ3) is 3.99. The van der Waals surface area contributed by atoms with Gasteiger partial charge < -0.3 is 25.5 Å². The number of nitrogens with one attached hydrogen (secondary N) is 3. The Bertz CT molecular complexity index is 1030. The molecule has 0 spiro atoms. The van der Waals surface area contributed by atoms with Crippen LogP contribution in [-0.2, 0) is 0 Å². The van der Waals surface area contributed by atoms with Crippen LogP contribution >= 0.6 is 11.6 Å². The summed E-state index contributed by atoms with van der Waals surface area (Å²) in [5.74, 6) is 1.92. The molecule has 0 bridgehead atoms. The van der Waals surface area contributed by atoms with Crippen LogP contribution in [0.1, 0.15) is 5.56 Å². The summed E-state index contributed by atoms with van der Waals surface area (Å²) in [4.78, 5) is 9.02. The molecule has 3 rings (SSSR count). The van der Waals surface area contributed by atoms with Gasteiger partial charge in [-0.2, -0.15) is 0 Å². The predicted molar refractivity (Wildman–Crippen MR) is 113 cm³/mol.